The summed E-state index contributed by atoms with van der Waals surface area (Å²) >= 11 is 5.72. The Kier molecular flexibility index (Phi) is 6.30. The third kappa shape index (κ3) is 4.76. The molecule has 3 N–H and O–H groups in total. The van der Waals surface area contributed by atoms with Gasteiger partial charge in [-0.2, -0.15) is 0 Å². The van der Waals surface area contributed by atoms with E-state index in [0.29, 0.717) is 19.8 Å². The number of anilines is 2. The van der Waals surface area contributed by atoms with E-state index in [2.05, 4.69) is 25.5 Å². The molecule has 2 heterocycles. The van der Waals surface area contributed by atoms with E-state index < -0.39 is 23.4 Å². The molecule has 0 radical (unpaired) electrons. The van der Waals surface area contributed by atoms with Gasteiger partial charge in [-0.05, 0) is 24.3 Å². The third-order valence-electron chi connectivity index (χ3n) is 4.91. The summed E-state index contributed by atoms with van der Waals surface area (Å²) < 4.78 is 47.0. The minimum absolute atomic E-state index is 0.0403. The molecule has 3 aromatic rings. The number of nitrogens with one attached hydrogen (secondary N) is 3. The molecule has 0 aliphatic carbocycles. The van der Waals surface area contributed by atoms with Crippen molar-refractivity contribution in [2.24, 2.45) is 0 Å². The van der Waals surface area contributed by atoms with Gasteiger partial charge in [0.25, 0.3) is 5.91 Å². The SMILES string of the molecule is O=C(Nc1ccc(F)c(Cl)c1)c1cc(F)c(F)c2nc(NCCN3CCOCC3)[nH]c12. The van der Waals surface area contributed by atoms with E-state index in [0.717, 1.165) is 31.8 Å². The molecule has 4 rings (SSSR count). The zero-order valence-electron chi connectivity index (χ0n) is 16.3. The van der Waals surface area contributed by atoms with Crippen molar-refractivity contribution in [1.29, 1.82) is 0 Å². The molecular weight excluding hydrogens is 435 g/mol. The molecule has 0 unspecified atom stereocenters. The van der Waals surface area contributed by atoms with E-state index in [1.165, 1.54) is 12.1 Å². The van der Waals surface area contributed by atoms with Gasteiger partial charge >= 0.3 is 0 Å². The highest BCUT2D eigenvalue weighted by atomic mass is 35.5. The van der Waals surface area contributed by atoms with Crippen molar-refractivity contribution < 1.29 is 22.7 Å². The van der Waals surface area contributed by atoms with Gasteiger partial charge in [0.15, 0.2) is 11.6 Å². The molecule has 1 aromatic heterocycles. The van der Waals surface area contributed by atoms with Crippen LogP contribution in [-0.2, 0) is 4.74 Å². The number of imidazole rings is 1. The average Bonchev–Trinajstić information content (AvgIpc) is 3.18. The zero-order chi connectivity index (χ0) is 22.0. The summed E-state index contributed by atoms with van der Waals surface area (Å²) in [7, 11) is 0. The summed E-state index contributed by atoms with van der Waals surface area (Å²) in [6.07, 6.45) is 0. The number of aromatic amines is 1. The Morgan fingerprint density at radius 2 is 1.97 bits per heavy atom. The van der Waals surface area contributed by atoms with E-state index in [4.69, 9.17) is 16.3 Å². The third-order valence-corrected chi connectivity index (χ3v) is 5.20. The molecular formula is C20H19ClF3N5O2. The van der Waals surface area contributed by atoms with Gasteiger partial charge in [0.05, 0.1) is 29.3 Å². The number of morpholine rings is 1. The van der Waals surface area contributed by atoms with Crippen molar-refractivity contribution in [3.8, 4) is 0 Å². The second kappa shape index (κ2) is 9.13. The minimum atomic E-state index is -1.21. The highest BCUT2D eigenvalue weighted by Gasteiger charge is 2.21. The molecule has 1 aliphatic rings. The normalized spacial score (nSPS) is 14.7. The Balaban J connectivity index is 1.54. The fourth-order valence-corrected chi connectivity index (χ4v) is 3.48. The molecule has 0 saturated carbocycles. The molecule has 7 nitrogen and oxygen atoms in total. The fraction of sp³-hybridized carbons (Fsp3) is 0.300. The van der Waals surface area contributed by atoms with Gasteiger partial charge in [-0.1, -0.05) is 11.6 Å². The highest BCUT2D eigenvalue weighted by molar-refractivity contribution is 6.31. The number of ether oxygens (including phenoxy) is 1. The molecule has 31 heavy (non-hydrogen) atoms. The van der Waals surface area contributed by atoms with Crippen molar-refractivity contribution in [3.63, 3.8) is 0 Å². The summed E-state index contributed by atoms with van der Waals surface area (Å²) in [5, 5.41) is 5.34. The Morgan fingerprint density at radius 1 is 1.19 bits per heavy atom. The first-order valence-electron chi connectivity index (χ1n) is 9.60. The predicted octanol–water partition coefficient (Wildman–Crippen LogP) is 3.63. The van der Waals surface area contributed by atoms with Gasteiger partial charge in [-0.15, -0.1) is 0 Å². The lowest BCUT2D eigenvalue weighted by Gasteiger charge is -2.26. The molecule has 164 valence electrons. The Bertz CT molecular complexity index is 1120. The number of rotatable bonds is 6. The van der Waals surface area contributed by atoms with E-state index in [1.54, 1.807) is 0 Å². The van der Waals surface area contributed by atoms with Gasteiger partial charge in [0.1, 0.15) is 11.3 Å². The fourth-order valence-electron chi connectivity index (χ4n) is 3.29. The van der Waals surface area contributed by atoms with Crippen LogP contribution in [0.25, 0.3) is 11.0 Å². The Morgan fingerprint density at radius 3 is 2.71 bits per heavy atom. The standard InChI is InChI=1S/C20H19ClF3N5O2/c21-13-9-11(1-2-14(13)22)26-19(30)12-10-15(23)16(24)18-17(12)27-20(28-18)25-3-4-29-5-7-31-8-6-29/h1-2,9-10H,3-8H2,(H,26,30)(H2,25,27,28). The van der Waals surface area contributed by atoms with Crippen LogP contribution in [0.3, 0.4) is 0 Å². The smallest absolute Gasteiger partial charge is 0.257 e. The second-order valence-electron chi connectivity index (χ2n) is 6.99. The number of hydrogen-bond donors (Lipinski definition) is 3. The van der Waals surface area contributed by atoms with Crippen LogP contribution in [0.15, 0.2) is 24.3 Å². The number of H-pyrrole nitrogens is 1. The molecule has 1 amide bonds. The van der Waals surface area contributed by atoms with Crippen LogP contribution in [-0.4, -0.2) is 60.2 Å². The average molecular weight is 454 g/mol. The van der Waals surface area contributed by atoms with E-state index >= 15 is 0 Å². The molecule has 2 aromatic carbocycles. The lowest BCUT2D eigenvalue weighted by molar-refractivity contribution is 0.0398. The number of carbonyl (C=O) groups excluding carboxylic acids is 1. The van der Waals surface area contributed by atoms with E-state index in [-0.39, 0.29) is 33.3 Å². The molecule has 1 aliphatic heterocycles. The maximum Gasteiger partial charge on any atom is 0.257 e. The topological polar surface area (TPSA) is 82.3 Å². The highest BCUT2D eigenvalue weighted by Crippen LogP contribution is 2.26. The van der Waals surface area contributed by atoms with Crippen LogP contribution in [0.4, 0.5) is 24.8 Å². The maximum atomic E-state index is 14.3. The van der Waals surface area contributed by atoms with Crippen molar-refractivity contribution in [1.82, 2.24) is 14.9 Å². The van der Waals surface area contributed by atoms with E-state index in [9.17, 15) is 18.0 Å². The number of amides is 1. The zero-order valence-corrected chi connectivity index (χ0v) is 17.0. The number of benzene rings is 2. The number of carbonyl (C=O) groups is 1. The molecule has 11 heteroatoms. The largest absolute Gasteiger partial charge is 0.379 e. The van der Waals surface area contributed by atoms with Crippen molar-refractivity contribution >= 4 is 40.2 Å². The van der Waals surface area contributed by atoms with Crippen molar-refractivity contribution in [3.05, 3.63) is 52.3 Å². The van der Waals surface area contributed by atoms with Gasteiger partial charge in [-0.25, -0.2) is 18.2 Å². The van der Waals surface area contributed by atoms with Gasteiger partial charge in [0, 0.05) is 31.9 Å². The summed E-state index contributed by atoms with van der Waals surface area (Å²) in [6, 6.07) is 4.40. The van der Waals surface area contributed by atoms with Crippen molar-refractivity contribution in [2.45, 2.75) is 0 Å². The predicted molar refractivity (Wildman–Crippen MR) is 111 cm³/mol. The Hall–Kier alpha value is -2.82. The van der Waals surface area contributed by atoms with E-state index in [1.807, 2.05) is 0 Å². The number of nitrogens with zero attached hydrogens (tertiary/aromatic N) is 2. The molecule has 0 bridgehead atoms. The summed E-state index contributed by atoms with van der Waals surface area (Å²) in [5.41, 5.74) is -0.199. The maximum absolute atomic E-state index is 14.3. The lowest BCUT2D eigenvalue weighted by atomic mass is 10.1. The first-order chi connectivity index (χ1) is 14.9. The van der Waals surface area contributed by atoms with Crippen LogP contribution >= 0.6 is 11.6 Å². The van der Waals surface area contributed by atoms with Crippen LogP contribution in [0.2, 0.25) is 5.02 Å². The monoisotopic (exact) mass is 453 g/mol. The molecule has 0 spiro atoms. The molecule has 1 fully saturated rings. The molecule has 0 atom stereocenters. The van der Waals surface area contributed by atoms with Crippen LogP contribution < -0.4 is 10.6 Å². The number of halogens is 4. The quantitative estimate of drug-likeness (QED) is 0.531. The van der Waals surface area contributed by atoms with Gasteiger partial charge in [-0.3, -0.25) is 9.69 Å². The van der Waals surface area contributed by atoms with Crippen LogP contribution in [0.5, 0.6) is 0 Å². The number of fused-ring (bicyclic) bond motifs is 1. The molecule has 1 saturated heterocycles. The summed E-state index contributed by atoms with van der Waals surface area (Å²) in [4.78, 5) is 21.8. The van der Waals surface area contributed by atoms with Crippen LogP contribution in [0, 0.1) is 17.5 Å². The lowest BCUT2D eigenvalue weighted by Crippen LogP contribution is -2.39. The van der Waals surface area contributed by atoms with Crippen LogP contribution in [0.1, 0.15) is 10.4 Å². The first-order valence-corrected chi connectivity index (χ1v) is 9.98. The first kappa shape index (κ1) is 21.4. The number of aromatic nitrogens is 2. The Labute approximate surface area is 180 Å². The summed E-state index contributed by atoms with van der Waals surface area (Å²) in [5.74, 6) is -3.52. The number of hydrogen-bond acceptors (Lipinski definition) is 5. The van der Waals surface area contributed by atoms with Gasteiger partial charge < -0.3 is 20.4 Å². The van der Waals surface area contributed by atoms with Gasteiger partial charge in [0.2, 0.25) is 5.95 Å². The van der Waals surface area contributed by atoms with Crippen molar-refractivity contribution in [2.75, 3.05) is 50.0 Å². The second-order valence-corrected chi connectivity index (χ2v) is 7.40. The summed E-state index contributed by atoms with van der Waals surface area (Å²) in [6.45, 7) is 4.22. The minimum Gasteiger partial charge on any atom is -0.379 e.